The minimum Gasteiger partial charge on any atom is -1.00 e. The summed E-state index contributed by atoms with van der Waals surface area (Å²) in [5.74, 6) is -0.869. The number of carbonyl (C=O) groups is 1. The molecule has 0 saturated carbocycles. The Morgan fingerprint density at radius 3 is 1.86 bits per heavy atom. The van der Waals surface area contributed by atoms with Crippen LogP contribution in [0.4, 0.5) is 5.69 Å². The number of carboxylic acid groups (broad SMARTS) is 1. The Balaban J connectivity index is 0. The predicted octanol–water partition coefficient (Wildman–Crippen LogP) is 4.93. The molecule has 0 aliphatic carbocycles. The molecule has 0 atom stereocenters. The number of anilines is 1. The van der Waals surface area contributed by atoms with E-state index in [1.807, 2.05) is 12.1 Å². The normalized spacial score (nSPS) is 11.1. The largest absolute Gasteiger partial charge is 1.00 e. The molecule has 1 aromatic rings. The Morgan fingerprint density at radius 2 is 1.34 bits per heavy atom. The number of unbranched alkanes of at least 4 members (excludes halogenated alkanes) is 9. The van der Waals surface area contributed by atoms with Gasteiger partial charge >= 0.3 is 35.5 Å². The van der Waals surface area contributed by atoms with Gasteiger partial charge in [0, 0.05) is 20.3 Å². The van der Waals surface area contributed by atoms with Gasteiger partial charge in [0.2, 0.25) is 0 Å². The average Bonchev–Trinajstić information content (AvgIpc) is 2.67. The summed E-state index contributed by atoms with van der Waals surface area (Å²) in [6, 6.07) is 9.86. The Morgan fingerprint density at radius 1 is 0.862 bits per heavy atom. The van der Waals surface area contributed by atoms with Crippen molar-refractivity contribution in [2.45, 2.75) is 103 Å². The molecule has 0 spiro atoms. The van der Waals surface area contributed by atoms with E-state index in [1.54, 1.807) is 12.1 Å². The van der Waals surface area contributed by atoms with Gasteiger partial charge in [-0.05, 0) is 30.7 Å². The maximum absolute atomic E-state index is 10.9. The molecule has 0 saturated heterocycles. The van der Waals surface area contributed by atoms with Crippen molar-refractivity contribution in [2.24, 2.45) is 0 Å². The molecule has 0 bridgehead atoms. The SMILES string of the molecule is CCCCCCCCCCCC[Si](C)(C)CCCNc1ccc(C(=O)O)cc1.[H-].[Na+]. The van der Waals surface area contributed by atoms with Crippen LogP contribution in [0, 0.1) is 0 Å². The molecule has 3 nitrogen and oxygen atoms in total. The first-order valence-corrected chi connectivity index (χ1v) is 14.9. The molecule has 5 heteroatoms. The maximum atomic E-state index is 10.9. The van der Waals surface area contributed by atoms with Gasteiger partial charge < -0.3 is 11.8 Å². The van der Waals surface area contributed by atoms with Crippen LogP contribution in [0.5, 0.6) is 0 Å². The molecule has 0 unspecified atom stereocenters. The smallest absolute Gasteiger partial charge is 1.00 e. The maximum Gasteiger partial charge on any atom is 1.00 e. The van der Waals surface area contributed by atoms with Gasteiger partial charge in [0.1, 0.15) is 0 Å². The zero-order valence-corrected chi connectivity index (χ0v) is 22.6. The molecule has 1 aromatic carbocycles. The first-order chi connectivity index (χ1) is 13.4. The fraction of sp³-hybridized carbons (Fsp3) is 0.708. The fourth-order valence-corrected chi connectivity index (χ4v) is 6.34. The molecule has 2 N–H and O–H groups in total. The molecule has 162 valence electrons. The molecular weight excluding hydrogens is 385 g/mol. The first kappa shape index (κ1) is 28.7. The van der Waals surface area contributed by atoms with Crippen LogP contribution in [0.1, 0.15) is 89.3 Å². The van der Waals surface area contributed by atoms with E-state index >= 15 is 0 Å². The second-order valence-electron chi connectivity index (χ2n) is 9.01. The summed E-state index contributed by atoms with van der Waals surface area (Å²) >= 11 is 0. The second-order valence-corrected chi connectivity index (χ2v) is 14.3. The molecule has 0 fully saturated rings. The standard InChI is InChI=1S/C24H43NO2Si.Na.H/c1-4-5-6-7-8-9-10-11-12-13-20-28(2,3)21-14-19-25-23-17-15-22(16-18-23)24(26)27;;/h15-18,25H,4-14,19-21H2,1-3H3,(H,26,27);;/q;+1;-1. The quantitative estimate of drug-likeness (QED) is 0.273. The van der Waals surface area contributed by atoms with Crippen LogP contribution in [0.3, 0.4) is 0 Å². The van der Waals surface area contributed by atoms with Crippen LogP contribution in [-0.2, 0) is 0 Å². The van der Waals surface area contributed by atoms with E-state index in [-0.39, 0.29) is 31.0 Å². The van der Waals surface area contributed by atoms with Crippen molar-refractivity contribution in [1.82, 2.24) is 0 Å². The van der Waals surface area contributed by atoms with Gasteiger partial charge in [-0.2, -0.15) is 0 Å². The molecule has 1 rings (SSSR count). The van der Waals surface area contributed by atoms with Gasteiger partial charge in [-0.3, -0.25) is 0 Å². The van der Waals surface area contributed by atoms with Gasteiger partial charge in [0.15, 0.2) is 0 Å². The van der Waals surface area contributed by atoms with Crippen molar-refractivity contribution in [3.05, 3.63) is 29.8 Å². The zero-order valence-electron chi connectivity index (χ0n) is 20.6. The van der Waals surface area contributed by atoms with Crippen LogP contribution < -0.4 is 34.9 Å². The summed E-state index contributed by atoms with van der Waals surface area (Å²) in [6.07, 6.45) is 15.4. The monoisotopic (exact) mass is 429 g/mol. The third-order valence-electron chi connectivity index (χ3n) is 5.70. The third-order valence-corrected chi connectivity index (χ3v) is 9.11. The number of rotatable bonds is 17. The molecule has 29 heavy (non-hydrogen) atoms. The Bertz CT molecular complexity index is 541. The number of hydrogen-bond acceptors (Lipinski definition) is 2. The van der Waals surface area contributed by atoms with Gasteiger partial charge in [-0.25, -0.2) is 4.79 Å². The Kier molecular flexibility index (Phi) is 17.2. The summed E-state index contributed by atoms with van der Waals surface area (Å²) in [5, 5.41) is 12.4. The van der Waals surface area contributed by atoms with Crippen LogP contribution >= 0.6 is 0 Å². The minimum absolute atomic E-state index is 0. The number of nitrogens with one attached hydrogen (secondary N) is 1. The average molecular weight is 430 g/mol. The van der Waals surface area contributed by atoms with Crippen molar-refractivity contribution in [2.75, 3.05) is 11.9 Å². The molecule has 0 aliphatic rings. The number of benzene rings is 1. The third kappa shape index (κ3) is 15.2. The molecule has 0 heterocycles. The molecule has 0 aromatic heterocycles. The predicted molar refractivity (Wildman–Crippen MR) is 127 cm³/mol. The van der Waals surface area contributed by atoms with E-state index in [4.69, 9.17) is 5.11 Å². The van der Waals surface area contributed by atoms with Crippen LogP contribution in [-0.4, -0.2) is 25.7 Å². The van der Waals surface area contributed by atoms with E-state index in [9.17, 15) is 4.79 Å². The Labute approximate surface area is 204 Å². The van der Waals surface area contributed by atoms with Gasteiger partial charge in [0.05, 0.1) is 5.56 Å². The Hall–Kier alpha value is -0.293. The minimum atomic E-state index is -1.07. The summed E-state index contributed by atoms with van der Waals surface area (Å²) in [5.41, 5.74) is 1.36. The number of hydrogen-bond donors (Lipinski definition) is 2. The summed E-state index contributed by atoms with van der Waals surface area (Å²) < 4.78 is 0. The molecule has 0 radical (unpaired) electrons. The summed E-state index contributed by atoms with van der Waals surface area (Å²) in [7, 11) is -1.07. The van der Waals surface area contributed by atoms with Crippen molar-refractivity contribution in [1.29, 1.82) is 0 Å². The van der Waals surface area contributed by atoms with Crippen LogP contribution in [0.2, 0.25) is 25.2 Å². The number of aromatic carboxylic acids is 1. The topological polar surface area (TPSA) is 49.3 Å². The van der Waals surface area contributed by atoms with Crippen molar-refractivity contribution < 1.29 is 40.9 Å². The first-order valence-electron chi connectivity index (χ1n) is 11.5. The van der Waals surface area contributed by atoms with E-state index in [0.29, 0.717) is 5.56 Å². The van der Waals surface area contributed by atoms with Crippen LogP contribution in [0.15, 0.2) is 24.3 Å². The van der Waals surface area contributed by atoms with Crippen molar-refractivity contribution in [3.63, 3.8) is 0 Å². The zero-order chi connectivity index (χ0) is 20.7. The van der Waals surface area contributed by atoms with Crippen LogP contribution in [0.25, 0.3) is 0 Å². The fourth-order valence-electron chi connectivity index (χ4n) is 3.75. The van der Waals surface area contributed by atoms with E-state index in [0.717, 1.165) is 12.2 Å². The molecule has 0 amide bonds. The van der Waals surface area contributed by atoms with E-state index in [2.05, 4.69) is 25.3 Å². The summed E-state index contributed by atoms with van der Waals surface area (Å²) in [6.45, 7) is 8.31. The van der Waals surface area contributed by atoms with Gasteiger partial charge in [-0.1, -0.05) is 96.3 Å². The summed E-state index contributed by atoms with van der Waals surface area (Å²) in [4.78, 5) is 10.9. The molecular formula is C24H44NNaO2Si. The van der Waals surface area contributed by atoms with Gasteiger partial charge in [-0.15, -0.1) is 0 Å². The number of carboxylic acids is 1. The second kappa shape index (κ2) is 17.4. The van der Waals surface area contributed by atoms with Gasteiger partial charge in [0.25, 0.3) is 0 Å². The molecule has 0 aliphatic heterocycles. The van der Waals surface area contributed by atoms with E-state index < -0.39 is 14.0 Å². The van der Waals surface area contributed by atoms with Crippen molar-refractivity contribution >= 4 is 19.7 Å². The van der Waals surface area contributed by atoms with Crippen molar-refractivity contribution in [3.8, 4) is 0 Å². The van der Waals surface area contributed by atoms with E-state index in [1.165, 1.54) is 82.7 Å².